The summed E-state index contributed by atoms with van der Waals surface area (Å²) in [7, 11) is 1.39. The van der Waals surface area contributed by atoms with Crippen LogP contribution >= 0.6 is 0 Å². The minimum Gasteiger partial charge on any atom is -0.381 e. The van der Waals surface area contributed by atoms with E-state index in [4.69, 9.17) is 4.74 Å². The Morgan fingerprint density at radius 3 is 2.78 bits per heavy atom. The third-order valence-corrected chi connectivity index (χ3v) is 2.72. The number of rotatable bonds is 5. The molecule has 1 rings (SSSR count). The summed E-state index contributed by atoms with van der Waals surface area (Å²) in [6.07, 6.45) is 0.772. The second-order valence-corrected chi connectivity index (χ2v) is 4.21. The van der Waals surface area contributed by atoms with E-state index in [2.05, 4.69) is 4.99 Å². The number of aliphatic imine (C=N–C) groups is 1. The van der Waals surface area contributed by atoms with Gasteiger partial charge in [0, 0.05) is 32.7 Å². The molecule has 0 aromatic heterocycles. The summed E-state index contributed by atoms with van der Waals surface area (Å²) in [5.74, 6) is -0.679. The first-order chi connectivity index (χ1) is 8.39. The maximum Gasteiger partial charge on any atom is 0.572 e. The van der Waals surface area contributed by atoms with Crippen LogP contribution in [0.15, 0.2) is 4.99 Å². The Bertz CT molecular complexity index is 330. The Morgan fingerprint density at radius 2 is 2.33 bits per heavy atom. The maximum atomic E-state index is 13.4. The zero-order valence-electron chi connectivity index (χ0n) is 10.4. The van der Waals surface area contributed by atoms with Gasteiger partial charge in [0.2, 0.25) is 0 Å². The molecule has 0 saturated carbocycles. The monoisotopic (exact) mass is 265 g/mol. The van der Waals surface area contributed by atoms with Crippen LogP contribution in [0.5, 0.6) is 0 Å². The van der Waals surface area contributed by atoms with Crippen LogP contribution in [0.3, 0.4) is 0 Å². The van der Waals surface area contributed by atoms with E-state index in [0.29, 0.717) is 13.2 Å². The van der Waals surface area contributed by atoms with Crippen LogP contribution in [0.4, 0.5) is 8.78 Å². The van der Waals surface area contributed by atoms with Crippen LogP contribution in [-0.2, 0) is 4.74 Å². The topological polar surface area (TPSA) is 68.0 Å². The number of ether oxygens (including phenoxy) is 1. The van der Waals surface area contributed by atoms with Crippen molar-refractivity contribution in [2.75, 3.05) is 33.4 Å². The molecule has 0 aliphatic carbocycles. The van der Waals surface area contributed by atoms with Crippen LogP contribution in [0.25, 0.3) is 0 Å². The molecule has 0 radical (unpaired) electrons. The molecular formula is C10H17F2N3O3. The smallest absolute Gasteiger partial charge is 0.381 e. The number of hydrogen-bond donors (Lipinski definition) is 0. The van der Waals surface area contributed by atoms with Gasteiger partial charge < -0.3 is 9.64 Å². The molecule has 6 nitrogen and oxygen atoms in total. The molecule has 0 bridgehead atoms. The fourth-order valence-corrected chi connectivity index (χ4v) is 1.88. The van der Waals surface area contributed by atoms with Gasteiger partial charge >= 0.3 is 6.05 Å². The Kier molecular flexibility index (Phi) is 4.94. The molecule has 1 unspecified atom stereocenters. The summed E-state index contributed by atoms with van der Waals surface area (Å²) in [6.45, 7) is 3.01. The van der Waals surface area contributed by atoms with Gasteiger partial charge in [-0.2, -0.15) is 0 Å². The van der Waals surface area contributed by atoms with Gasteiger partial charge in [-0.3, -0.25) is 15.1 Å². The van der Waals surface area contributed by atoms with E-state index < -0.39 is 16.8 Å². The quantitative estimate of drug-likeness (QED) is 0.246. The SMILES string of the molecule is CCN=C(N(C)CC1CCOC1)C(F)(F)[N+](=O)[O-]. The molecule has 0 aromatic rings. The molecule has 8 heteroatoms. The first-order valence-electron chi connectivity index (χ1n) is 5.75. The fraction of sp³-hybridized carbons (Fsp3) is 0.900. The molecule has 18 heavy (non-hydrogen) atoms. The number of likely N-dealkylation sites (N-methyl/N-ethyl adjacent to an activating group) is 1. The predicted molar refractivity (Wildman–Crippen MR) is 61.5 cm³/mol. The molecule has 1 aliphatic heterocycles. The number of nitro groups is 1. The molecule has 1 saturated heterocycles. The van der Waals surface area contributed by atoms with Crippen LogP contribution in [-0.4, -0.2) is 55.1 Å². The first-order valence-corrected chi connectivity index (χ1v) is 5.75. The third-order valence-electron chi connectivity index (χ3n) is 2.72. The van der Waals surface area contributed by atoms with E-state index in [1.807, 2.05) is 0 Å². The summed E-state index contributed by atoms with van der Waals surface area (Å²) in [6, 6.07) is -4.15. The highest BCUT2D eigenvalue weighted by molar-refractivity contribution is 5.87. The summed E-state index contributed by atoms with van der Waals surface area (Å²) in [5, 5.41) is 10.4. The molecule has 104 valence electrons. The molecule has 1 aliphatic rings. The minimum atomic E-state index is -4.15. The van der Waals surface area contributed by atoms with E-state index in [1.165, 1.54) is 7.05 Å². The zero-order valence-corrected chi connectivity index (χ0v) is 10.4. The van der Waals surface area contributed by atoms with Gasteiger partial charge in [-0.1, -0.05) is 0 Å². The largest absolute Gasteiger partial charge is 0.572 e. The number of alkyl halides is 2. The summed E-state index contributed by atoms with van der Waals surface area (Å²) in [5.41, 5.74) is 0. The van der Waals surface area contributed by atoms with Crippen molar-refractivity contribution in [3.63, 3.8) is 0 Å². The second-order valence-electron chi connectivity index (χ2n) is 4.21. The van der Waals surface area contributed by atoms with Crippen molar-refractivity contribution in [2.45, 2.75) is 19.4 Å². The average Bonchev–Trinajstić information content (AvgIpc) is 2.77. The van der Waals surface area contributed by atoms with Gasteiger partial charge in [0.15, 0.2) is 0 Å². The number of halogens is 2. The maximum absolute atomic E-state index is 13.4. The lowest BCUT2D eigenvalue weighted by molar-refractivity contribution is -0.618. The van der Waals surface area contributed by atoms with Gasteiger partial charge in [-0.25, -0.2) is 0 Å². The summed E-state index contributed by atoms with van der Waals surface area (Å²) < 4.78 is 32.0. The van der Waals surface area contributed by atoms with Gasteiger partial charge in [-0.15, -0.1) is 8.78 Å². The van der Waals surface area contributed by atoms with Crippen LogP contribution in [0.2, 0.25) is 0 Å². The Balaban J connectivity index is 2.78. The lowest BCUT2D eigenvalue weighted by atomic mass is 10.1. The number of nitrogens with zero attached hydrogens (tertiary/aromatic N) is 3. The van der Waals surface area contributed by atoms with E-state index in [1.54, 1.807) is 6.92 Å². The van der Waals surface area contributed by atoms with E-state index in [9.17, 15) is 18.9 Å². The molecule has 0 aromatic carbocycles. The van der Waals surface area contributed by atoms with E-state index in [0.717, 1.165) is 11.3 Å². The lowest BCUT2D eigenvalue weighted by Gasteiger charge is -2.24. The molecular weight excluding hydrogens is 248 g/mol. The van der Waals surface area contributed by atoms with Crippen molar-refractivity contribution in [3.8, 4) is 0 Å². The molecule has 0 amide bonds. The summed E-state index contributed by atoms with van der Waals surface area (Å²) >= 11 is 0. The Morgan fingerprint density at radius 1 is 1.67 bits per heavy atom. The second kappa shape index (κ2) is 6.03. The van der Waals surface area contributed by atoms with Crippen molar-refractivity contribution in [1.82, 2.24) is 4.90 Å². The summed E-state index contributed by atoms with van der Waals surface area (Å²) in [4.78, 5) is 13.5. The molecule has 1 atom stereocenters. The van der Waals surface area contributed by atoms with Crippen LogP contribution < -0.4 is 0 Å². The van der Waals surface area contributed by atoms with Crippen molar-refractivity contribution in [2.24, 2.45) is 10.9 Å². The molecule has 1 fully saturated rings. The highest BCUT2D eigenvalue weighted by Crippen LogP contribution is 2.21. The normalized spacial score (nSPS) is 21.1. The molecule has 0 spiro atoms. The molecule has 0 N–H and O–H groups in total. The van der Waals surface area contributed by atoms with E-state index in [-0.39, 0.29) is 19.0 Å². The Hall–Kier alpha value is -1.31. The van der Waals surface area contributed by atoms with Crippen molar-refractivity contribution >= 4 is 5.84 Å². The number of hydrogen-bond acceptors (Lipinski definition) is 4. The lowest BCUT2D eigenvalue weighted by Crippen LogP contribution is -2.48. The van der Waals surface area contributed by atoms with Gasteiger partial charge in [-0.05, 0) is 13.3 Å². The standard InChI is InChI=1S/C10H17F2N3O3/c1-3-13-9(10(11,12)15(16)17)14(2)6-8-4-5-18-7-8/h8H,3-7H2,1-2H3. The zero-order chi connectivity index (χ0) is 13.8. The van der Waals surface area contributed by atoms with Crippen molar-refractivity contribution in [3.05, 3.63) is 10.1 Å². The highest BCUT2D eigenvalue weighted by Gasteiger charge is 2.52. The van der Waals surface area contributed by atoms with Crippen LogP contribution in [0.1, 0.15) is 13.3 Å². The van der Waals surface area contributed by atoms with Crippen molar-refractivity contribution in [1.29, 1.82) is 0 Å². The minimum absolute atomic E-state index is 0.0737. The van der Waals surface area contributed by atoms with Gasteiger partial charge in [0.25, 0.3) is 5.84 Å². The fourth-order valence-electron chi connectivity index (χ4n) is 1.88. The molecule has 1 heterocycles. The van der Waals surface area contributed by atoms with Gasteiger partial charge in [0.05, 0.1) is 6.61 Å². The first kappa shape index (κ1) is 14.7. The number of amidine groups is 1. The predicted octanol–water partition coefficient (Wildman–Crippen LogP) is 1.24. The van der Waals surface area contributed by atoms with Crippen molar-refractivity contribution < 1.29 is 18.4 Å². The Labute approximate surface area is 104 Å². The van der Waals surface area contributed by atoms with Gasteiger partial charge in [0.1, 0.15) is 4.92 Å². The van der Waals surface area contributed by atoms with E-state index >= 15 is 0 Å². The highest BCUT2D eigenvalue weighted by atomic mass is 19.3. The third kappa shape index (κ3) is 3.34. The van der Waals surface area contributed by atoms with Crippen LogP contribution in [0, 0.1) is 16.0 Å². The average molecular weight is 265 g/mol.